The molecule has 0 aliphatic carbocycles. The number of ether oxygens (including phenoxy) is 1. The molecule has 0 radical (unpaired) electrons. The zero-order valence-electron chi connectivity index (χ0n) is 15.4. The van der Waals surface area contributed by atoms with Crippen LogP contribution in [-0.2, 0) is 21.2 Å². The summed E-state index contributed by atoms with van der Waals surface area (Å²) in [5.41, 5.74) is 1.37. The van der Waals surface area contributed by atoms with E-state index in [2.05, 4.69) is 0 Å². The number of sulfonamides is 1. The molecule has 3 rings (SSSR count). The maximum Gasteiger partial charge on any atom is 0.338 e. The van der Waals surface area contributed by atoms with Crippen molar-refractivity contribution in [3.8, 4) is 0 Å². The van der Waals surface area contributed by atoms with E-state index >= 15 is 0 Å². The summed E-state index contributed by atoms with van der Waals surface area (Å²) in [6.45, 7) is 0.729. The Balaban J connectivity index is 1.73. The van der Waals surface area contributed by atoms with Crippen LogP contribution < -0.4 is 0 Å². The first kappa shape index (κ1) is 20.0. The Bertz CT molecular complexity index is 984. The van der Waals surface area contributed by atoms with E-state index in [1.54, 1.807) is 12.1 Å². The molecular formula is C20H21NO6S. The summed E-state index contributed by atoms with van der Waals surface area (Å²) in [5, 5.41) is 8.95. The van der Waals surface area contributed by atoms with Gasteiger partial charge in [-0.15, -0.1) is 0 Å². The van der Waals surface area contributed by atoms with Gasteiger partial charge in [0.1, 0.15) is 0 Å². The average molecular weight is 403 g/mol. The number of carbonyl (C=O) groups excluding carboxylic acids is 1. The quantitative estimate of drug-likeness (QED) is 0.744. The molecular weight excluding hydrogens is 382 g/mol. The summed E-state index contributed by atoms with van der Waals surface area (Å²) in [6.07, 6.45) is 1.26. The minimum atomic E-state index is -3.69. The highest BCUT2D eigenvalue weighted by Gasteiger charge is 2.33. The highest BCUT2D eigenvalue weighted by molar-refractivity contribution is 7.89. The van der Waals surface area contributed by atoms with Crippen molar-refractivity contribution in [1.82, 2.24) is 4.31 Å². The summed E-state index contributed by atoms with van der Waals surface area (Å²) in [7, 11) is -2.36. The number of esters is 1. The van der Waals surface area contributed by atoms with Gasteiger partial charge in [-0.2, -0.15) is 4.31 Å². The predicted octanol–water partition coefficient (Wildman–Crippen LogP) is 2.42. The second-order valence-electron chi connectivity index (χ2n) is 6.70. The van der Waals surface area contributed by atoms with E-state index in [0.717, 1.165) is 5.56 Å². The fourth-order valence-corrected chi connectivity index (χ4v) is 4.95. The molecule has 1 aliphatic rings. The van der Waals surface area contributed by atoms with Gasteiger partial charge in [-0.25, -0.2) is 18.0 Å². The van der Waals surface area contributed by atoms with Crippen LogP contribution in [0.2, 0.25) is 0 Å². The molecule has 2 aromatic rings. The third kappa shape index (κ3) is 4.07. The molecule has 1 saturated heterocycles. The Labute approximate surface area is 163 Å². The van der Waals surface area contributed by atoms with Gasteiger partial charge in [0.2, 0.25) is 10.0 Å². The smallest absolute Gasteiger partial charge is 0.338 e. The van der Waals surface area contributed by atoms with E-state index in [1.807, 2.05) is 12.1 Å². The van der Waals surface area contributed by atoms with Gasteiger partial charge in [0.25, 0.3) is 0 Å². The van der Waals surface area contributed by atoms with Gasteiger partial charge < -0.3 is 9.84 Å². The highest BCUT2D eigenvalue weighted by atomic mass is 32.2. The molecule has 8 heteroatoms. The minimum Gasteiger partial charge on any atom is -0.478 e. The Morgan fingerprint density at radius 2 is 1.82 bits per heavy atom. The molecule has 28 heavy (non-hydrogen) atoms. The maximum absolute atomic E-state index is 12.8. The average Bonchev–Trinajstić information content (AvgIpc) is 3.17. The molecule has 0 amide bonds. The van der Waals surface area contributed by atoms with Gasteiger partial charge in [0.05, 0.1) is 23.1 Å². The van der Waals surface area contributed by atoms with Crippen LogP contribution in [-0.4, -0.2) is 50.0 Å². The molecule has 1 fully saturated rings. The van der Waals surface area contributed by atoms with Crippen molar-refractivity contribution in [1.29, 1.82) is 0 Å². The molecule has 1 aliphatic heterocycles. The number of carboxylic acid groups (broad SMARTS) is 1. The van der Waals surface area contributed by atoms with Crippen molar-refractivity contribution in [3.05, 3.63) is 65.2 Å². The van der Waals surface area contributed by atoms with E-state index in [4.69, 9.17) is 9.84 Å². The summed E-state index contributed by atoms with van der Waals surface area (Å²) in [6, 6.07) is 12.4. The van der Waals surface area contributed by atoms with Crippen molar-refractivity contribution < 1.29 is 27.9 Å². The number of carbonyl (C=O) groups is 2. The molecule has 0 saturated carbocycles. The van der Waals surface area contributed by atoms with Gasteiger partial charge in [-0.05, 0) is 54.7 Å². The second-order valence-corrected chi connectivity index (χ2v) is 8.64. The molecule has 1 unspecified atom stereocenters. The maximum atomic E-state index is 12.8. The van der Waals surface area contributed by atoms with E-state index in [1.165, 1.54) is 35.7 Å². The number of rotatable bonds is 6. The lowest BCUT2D eigenvalue weighted by atomic mass is 9.95. The number of carboxylic acids is 1. The molecule has 1 heterocycles. The molecule has 1 atom stereocenters. The zero-order valence-corrected chi connectivity index (χ0v) is 16.2. The molecule has 2 aromatic carbocycles. The lowest BCUT2D eigenvalue weighted by molar-refractivity contribution is 0.0598. The summed E-state index contributed by atoms with van der Waals surface area (Å²) in [4.78, 5) is 22.9. The Kier molecular flexibility index (Phi) is 5.81. The van der Waals surface area contributed by atoms with Gasteiger partial charge in [-0.1, -0.05) is 18.2 Å². The van der Waals surface area contributed by atoms with Crippen molar-refractivity contribution >= 4 is 22.0 Å². The van der Waals surface area contributed by atoms with Gasteiger partial charge in [0, 0.05) is 13.1 Å². The number of nitrogens with zero attached hydrogens (tertiary/aromatic N) is 1. The SMILES string of the molecule is COC(=O)c1ccccc1CC1CCN(S(=O)(=O)c2ccc(C(=O)O)cc2)C1. The van der Waals surface area contributed by atoms with Crippen LogP contribution >= 0.6 is 0 Å². The topological polar surface area (TPSA) is 101 Å². The monoisotopic (exact) mass is 403 g/mol. The standard InChI is InChI=1S/C20H21NO6S/c1-27-20(24)18-5-3-2-4-16(18)12-14-10-11-21(13-14)28(25,26)17-8-6-15(7-9-17)19(22)23/h2-9,14H,10-13H2,1H3,(H,22,23). The van der Waals surface area contributed by atoms with E-state index in [0.29, 0.717) is 31.5 Å². The molecule has 0 aromatic heterocycles. The van der Waals surface area contributed by atoms with Crippen molar-refractivity contribution in [2.24, 2.45) is 5.92 Å². The Morgan fingerprint density at radius 3 is 2.46 bits per heavy atom. The molecule has 0 spiro atoms. The fraction of sp³-hybridized carbons (Fsp3) is 0.300. The second kappa shape index (κ2) is 8.12. The molecule has 7 nitrogen and oxygen atoms in total. The highest BCUT2D eigenvalue weighted by Crippen LogP contribution is 2.28. The molecule has 148 valence electrons. The number of hydrogen-bond donors (Lipinski definition) is 1. The van der Waals surface area contributed by atoms with Crippen LogP contribution in [0.3, 0.4) is 0 Å². The van der Waals surface area contributed by atoms with Gasteiger partial charge in [0.15, 0.2) is 0 Å². The lowest BCUT2D eigenvalue weighted by Crippen LogP contribution is -2.29. The van der Waals surface area contributed by atoms with Crippen molar-refractivity contribution in [3.63, 3.8) is 0 Å². The summed E-state index contributed by atoms with van der Waals surface area (Å²) < 4.78 is 31.9. The number of hydrogen-bond acceptors (Lipinski definition) is 5. The first-order valence-electron chi connectivity index (χ1n) is 8.82. The van der Waals surface area contributed by atoms with Crippen LogP contribution in [0.25, 0.3) is 0 Å². The van der Waals surface area contributed by atoms with Crippen LogP contribution in [0, 0.1) is 5.92 Å². The minimum absolute atomic E-state index is 0.0395. The Hall–Kier alpha value is -2.71. The van der Waals surface area contributed by atoms with Gasteiger partial charge >= 0.3 is 11.9 Å². The zero-order chi connectivity index (χ0) is 20.3. The Morgan fingerprint density at radius 1 is 1.14 bits per heavy atom. The third-order valence-electron chi connectivity index (χ3n) is 4.92. The van der Waals surface area contributed by atoms with E-state index in [9.17, 15) is 18.0 Å². The third-order valence-corrected chi connectivity index (χ3v) is 6.80. The normalized spacial score (nSPS) is 17.4. The lowest BCUT2D eigenvalue weighted by Gasteiger charge is -2.17. The molecule has 0 bridgehead atoms. The summed E-state index contributed by atoms with van der Waals surface area (Å²) >= 11 is 0. The number of methoxy groups -OCH3 is 1. The van der Waals surface area contributed by atoms with E-state index in [-0.39, 0.29) is 16.4 Å². The van der Waals surface area contributed by atoms with Crippen LogP contribution in [0.4, 0.5) is 0 Å². The number of aromatic carboxylic acids is 1. The van der Waals surface area contributed by atoms with Gasteiger partial charge in [-0.3, -0.25) is 0 Å². The van der Waals surface area contributed by atoms with Crippen molar-refractivity contribution in [2.75, 3.05) is 20.2 Å². The molecule has 1 N–H and O–H groups in total. The van der Waals surface area contributed by atoms with Crippen molar-refractivity contribution in [2.45, 2.75) is 17.7 Å². The fourth-order valence-electron chi connectivity index (χ4n) is 3.42. The first-order chi connectivity index (χ1) is 13.3. The van der Waals surface area contributed by atoms with Crippen LogP contribution in [0.1, 0.15) is 32.7 Å². The number of benzene rings is 2. The summed E-state index contributed by atoms with van der Waals surface area (Å²) in [5.74, 6) is -1.43. The van der Waals surface area contributed by atoms with E-state index < -0.39 is 22.0 Å². The first-order valence-corrected chi connectivity index (χ1v) is 10.3. The van der Waals surface area contributed by atoms with Crippen LogP contribution in [0.5, 0.6) is 0 Å². The van der Waals surface area contributed by atoms with Crippen LogP contribution in [0.15, 0.2) is 53.4 Å². The largest absolute Gasteiger partial charge is 0.478 e. The predicted molar refractivity (Wildman–Crippen MR) is 102 cm³/mol.